The van der Waals surface area contributed by atoms with Gasteiger partial charge in [-0.25, -0.2) is 9.15 Å². The molecule has 0 N–H and O–H groups in total. The Kier molecular flexibility index (Phi) is 7.82. The Morgan fingerprint density at radius 3 is 2.17 bits per heavy atom. The minimum Gasteiger partial charge on any atom is -0.460 e. The van der Waals surface area contributed by atoms with Crippen molar-refractivity contribution >= 4 is 45.1 Å². The molecule has 1 unspecified atom stereocenters. The van der Waals surface area contributed by atoms with Crippen LogP contribution < -0.4 is 24.5 Å². The van der Waals surface area contributed by atoms with Crippen LogP contribution in [0.2, 0.25) is 0 Å². The van der Waals surface area contributed by atoms with Crippen LogP contribution in [0.15, 0.2) is 89.1 Å². The van der Waals surface area contributed by atoms with E-state index < -0.39 is 0 Å². The van der Waals surface area contributed by atoms with Gasteiger partial charge < -0.3 is 19.0 Å². The lowest BCUT2D eigenvalue weighted by atomic mass is 9.89. The van der Waals surface area contributed by atoms with Gasteiger partial charge in [-0.3, -0.25) is 0 Å². The molecule has 4 aliphatic rings. The highest BCUT2D eigenvalue weighted by atomic mass is 32.1. The number of ether oxygens (including phenoxy) is 1. The smallest absolute Gasteiger partial charge is 0.203 e. The van der Waals surface area contributed by atoms with Gasteiger partial charge in [0.1, 0.15) is 51.0 Å². The molecule has 0 saturated carbocycles. The fourth-order valence-electron chi connectivity index (χ4n) is 4.84. The van der Waals surface area contributed by atoms with Gasteiger partial charge in [-0.05, 0) is 36.4 Å². The van der Waals surface area contributed by atoms with Crippen LogP contribution in [0.4, 0.5) is 11.4 Å². The standard InChI is InChI=1S/C17H19N2OS.C17H19N2O/c1-18(2)11-5-7-13-15(9-11)20-16-10-12(19(3)4)6-8-14(16)17(13)21;1-18(2)14-7-5-12-9-13-6-8-15(19(3)4)11-17(13)20-16(12)10-14/h5-10,13H,1-4H3;5-11H,1-4H3/q2*+1. The minimum absolute atomic E-state index is 0.0707. The molecule has 7 heteroatoms. The van der Waals surface area contributed by atoms with Crippen LogP contribution in [0.25, 0.3) is 22.3 Å². The number of allylic oxidation sites excluding steroid dienone is 3. The van der Waals surface area contributed by atoms with E-state index in [0.717, 1.165) is 66.7 Å². The molecule has 0 radical (unpaired) electrons. The molecule has 41 heavy (non-hydrogen) atoms. The molecule has 2 aromatic rings. The Bertz CT molecular complexity index is 1780. The van der Waals surface area contributed by atoms with E-state index in [9.17, 15) is 0 Å². The van der Waals surface area contributed by atoms with Gasteiger partial charge in [0.25, 0.3) is 0 Å². The molecular formula is C34H38N4O2S+2. The van der Waals surface area contributed by atoms with Crippen LogP contribution >= 0.6 is 12.2 Å². The Morgan fingerprint density at radius 1 is 0.780 bits per heavy atom. The fraction of sp³-hybridized carbons (Fsp3) is 0.265. The van der Waals surface area contributed by atoms with Crippen molar-refractivity contribution in [1.29, 1.82) is 0 Å². The summed E-state index contributed by atoms with van der Waals surface area (Å²) in [6.45, 7) is 0. The SMILES string of the molecule is CN(C)c1ccc2c(c1)OC1=CC(=[N+](C)C)C=CC1C2=S.CN(C)c1ccc2cc3ccc(=[N+](C)C)cc-3oc2c1. The Labute approximate surface area is 247 Å². The molecule has 2 aromatic carbocycles. The first-order chi connectivity index (χ1) is 19.5. The highest BCUT2D eigenvalue weighted by Gasteiger charge is 2.31. The van der Waals surface area contributed by atoms with E-state index in [-0.39, 0.29) is 5.92 Å². The maximum Gasteiger partial charge on any atom is 0.203 e. The molecule has 2 aliphatic carbocycles. The number of fused-ring (bicyclic) bond motifs is 4. The monoisotopic (exact) mass is 566 g/mol. The van der Waals surface area contributed by atoms with Gasteiger partial charge in [-0.2, -0.15) is 0 Å². The third-order valence-electron chi connectivity index (χ3n) is 7.39. The minimum atomic E-state index is 0.0707. The van der Waals surface area contributed by atoms with Crippen LogP contribution in [-0.4, -0.2) is 71.5 Å². The molecule has 1 atom stereocenters. The van der Waals surface area contributed by atoms with Gasteiger partial charge >= 0.3 is 0 Å². The Balaban J connectivity index is 0.000000165. The number of anilines is 2. The lowest BCUT2D eigenvalue weighted by Crippen LogP contribution is -2.28. The van der Waals surface area contributed by atoms with Crippen molar-refractivity contribution in [3.63, 3.8) is 0 Å². The topological polar surface area (TPSA) is 34.9 Å². The van der Waals surface area contributed by atoms with Crippen LogP contribution in [-0.2, 0) is 0 Å². The quantitative estimate of drug-likeness (QED) is 0.187. The molecule has 0 fully saturated rings. The summed E-state index contributed by atoms with van der Waals surface area (Å²) < 4.78 is 16.3. The average Bonchev–Trinajstić information content (AvgIpc) is 2.95. The van der Waals surface area contributed by atoms with Gasteiger partial charge in [0, 0.05) is 91.3 Å². The Morgan fingerprint density at radius 2 is 1.49 bits per heavy atom. The zero-order valence-electron chi connectivity index (χ0n) is 25.1. The van der Waals surface area contributed by atoms with E-state index >= 15 is 0 Å². The number of hydrogen-bond donors (Lipinski definition) is 0. The Hall–Kier alpha value is -4.23. The van der Waals surface area contributed by atoms with Crippen LogP contribution in [0.1, 0.15) is 5.56 Å². The molecule has 0 saturated heterocycles. The van der Waals surface area contributed by atoms with Crippen molar-refractivity contribution in [1.82, 2.24) is 4.58 Å². The predicted molar refractivity (Wildman–Crippen MR) is 175 cm³/mol. The van der Waals surface area contributed by atoms with E-state index in [1.807, 2.05) is 62.4 Å². The first-order valence-electron chi connectivity index (χ1n) is 13.6. The van der Waals surface area contributed by atoms with Crippen molar-refractivity contribution in [3.8, 4) is 17.1 Å². The van der Waals surface area contributed by atoms with Crippen molar-refractivity contribution < 1.29 is 13.7 Å². The zero-order chi connectivity index (χ0) is 29.4. The summed E-state index contributed by atoms with van der Waals surface area (Å²) in [7, 11) is 16.2. The first-order valence-corrected chi connectivity index (χ1v) is 14.1. The maximum atomic E-state index is 6.13. The summed E-state index contributed by atoms with van der Waals surface area (Å²) in [6.07, 6.45) is 6.29. The van der Waals surface area contributed by atoms with E-state index in [1.165, 1.54) is 0 Å². The van der Waals surface area contributed by atoms with Crippen molar-refractivity contribution in [2.45, 2.75) is 0 Å². The van der Waals surface area contributed by atoms with Crippen molar-refractivity contribution in [2.75, 3.05) is 66.2 Å². The molecule has 6 rings (SSSR count). The predicted octanol–water partition coefficient (Wildman–Crippen LogP) is 5.28. The lowest BCUT2D eigenvalue weighted by molar-refractivity contribution is -0.462. The van der Waals surface area contributed by atoms with Gasteiger partial charge in [0.15, 0.2) is 0 Å². The summed E-state index contributed by atoms with van der Waals surface area (Å²) >= 11 is 5.66. The third-order valence-corrected chi connectivity index (χ3v) is 7.86. The molecule has 0 aromatic heterocycles. The van der Waals surface area contributed by atoms with Crippen molar-refractivity contribution in [3.05, 3.63) is 95.6 Å². The highest BCUT2D eigenvalue weighted by molar-refractivity contribution is 7.81. The van der Waals surface area contributed by atoms with E-state index in [4.69, 9.17) is 21.4 Å². The van der Waals surface area contributed by atoms with Crippen LogP contribution in [0.5, 0.6) is 5.75 Å². The molecule has 0 bridgehead atoms. The molecule has 2 heterocycles. The summed E-state index contributed by atoms with van der Waals surface area (Å²) in [5.41, 5.74) is 6.44. The molecular weight excluding hydrogens is 528 g/mol. The van der Waals surface area contributed by atoms with E-state index in [0.29, 0.717) is 0 Å². The fourth-order valence-corrected chi connectivity index (χ4v) is 5.20. The third kappa shape index (κ3) is 5.81. The van der Waals surface area contributed by atoms with Gasteiger partial charge in [0.2, 0.25) is 11.1 Å². The molecule has 0 spiro atoms. The second-order valence-electron chi connectivity index (χ2n) is 11.2. The summed E-state index contributed by atoms with van der Waals surface area (Å²) in [5.74, 6) is 2.75. The lowest BCUT2D eigenvalue weighted by Gasteiger charge is -2.29. The molecule has 210 valence electrons. The second kappa shape index (κ2) is 11.3. The van der Waals surface area contributed by atoms with E-state index in [1.54, 1.807) is 0 Å². The number of thiocarbonyl (C=S) groups is 1. The number of hydrogen-bond acceptors (Lipinski definition) is 5. The normalized spacial score (nSPS) is 15.3. The van der Waals surface area contributed by atoms with Crippen molar-refractivity contribution in [2.24, 2.45) is 5.92 Å². The maximum absolute atomic E-state index is 6.13. The largest absolute Gasteiger partial charge is 0.460 e. The van der Waals surface area contributed by atoms with Crippen LogP contribution in [0.3, 0.4) is 0 Å². The second-order valence-corrected chi connectivity index (χ2v) is 11.7. The summed E-state index contributed by atoms with van der Waals surface area (Å²) in [4.78, 5) is 5.07. The zero-order valence-corrected chi connectivity index (χ0v) is 25.9. The highest BCUT2D eigenvalue weighted by Crippen LogP contribution is 2.38. The molecule has 6 nitrogen and oxygen atoms in total. The molecule has 2 aliphatic heterocycles. The number of rotatable bonds is 2. The number of benzene rings is 3. The average molecular weight is 567 g/mol. The summed E-state index contributed by atoms with van der Waals surface area (Å²) in [5, 5.41) is 2.27. The van der Waals surface area contributed by atoms with Gasteiger partial charge in [-0.15, -0.1) is 0 Å². The summed E-state index contributed by atoms with van der Waals surface area (Å²) in [6, 6.07) is 20.9. The number of nitrogens with zero attached hydrogens (tertiary/aromatic N) is 4. The van der Waals surface area contributed by atoms with Gasteiger partial charge in [0.05, 0.1) is 12.0 Å². The van der Waals surface area contributed by atoms with Crippen LogP contribution in [0, 0.1) is 5.92 Å². The molecule has 0 amide bonds. The van der Waals surface area contributed by atoms with Gasteiger partial charge in [-0.1, -0.05) is 18.3 Å². The first kappa shape index (κ1) is 28.3. The van der Waals surface area contributed by atoms with E-state index in [2.05, 4.69) is 91.8 Å².